The molecule has 0 amide bonds. The van der Waals surface area contributed by atoms with Crippen LogP contribution in [0.4, 0.5) is 17.6 Å². The van der Waals surface area contributed by atoms with Crippen LogP contribution >= 0.6 is 11.6 Å². The van der Waals surface area contributed by atoms with Gasteiger partial charge >= 0.3 is 17.8 Å². The Morgan fingerprint density at radius 1 is 1.13 bits per heavy atom. The maximum atomic E-state index is 14.9. The number of rotatable bonds is 6. The number of pyridine rings is 1. The second-order valence-electron chi connectivity index (χ2n) is 8.38. The van der Waals surface area contributed by atoms with E-state index in [1.807, 2.05) is 0 Å². The van der Waals surface area contributed by atoms with Gasteiger partial charge in [0.15, 0.2) is 11.4 Å². The fraction of sp³-hybridized carbons (Fsp3) is 0.333. The Kier molecular flexibility index (Phi) is 7.49. The molecule has 0 bridgehead atoms. The van der Waals surface area contributed by atoms with Gasteiger partial charge in [-0.3, -0.25) is 9.36 Å². The van der Waals surface area contributed by atoms with E-state index in [-0.39, 0.29) is 49.3 Å². The summed E-state index contributed by atoms with van der Waals surface area (Å²) in [6, 6.07) is 3.08. The molecule has 4 rings (SSSR count). The molecule has 0 atom stereocenters. The van der Waals surface area contributed by atoms with Crippen LogP contribution in [0.15, 0.2) is 40.1 Å². The van der Waals surface area contributed by atoms with Crippen LogP contribution in [0.1, 0.15) is 41.9 Å². The molecule has 38 heavy (non-hydrogen) atoms. The van der Waals surface area contributed by atoms with Crippen molar-refractivity contribution in [2.24, 2.45) is 7.05 Å². The summed E-state index contributed by atoms with van der Waals surface area (Å²) in [4.78, 5) is 42.0. The maximum Gasteiger partial charge on any atom is 0.431 e. The highest BCUT2D eigenvalue weighted by atomic mass is 35.5. The van der Waals surface area contributed by atoms with Gasteiger partial charge in [0, 0.05) is 31.4 Å². The number of halogens is 5. The number of hydrogen-bond donors (Lipinski definition) is 0. The van der Waals surface area contributed by atoms with Gasteiger partial charge in [0.05, 0.1) is 17.8 Å². The number of esters is 1. The van der Waals surface area contributed by atoms with Crippen LogP contribution < -0.4 is 20.7 Å². The minimum absolute atomic E-state index is 0.0305. The number of hydrogen-bond acceptors (Lipinski definition) is 7. The molecule has 1 aliphatic carbocycles. The predicted molar refractivity (Wildman–Crippen MR) is 126 cm³/mol. The van der Waals surface area contributed by atoms with Crippen LogP contribution in [0.3, 0.4) is 0 Å². The zero-order chi connectivity index (χ0) is 27.8. The fourth-order valence-electron chi connectivity index (χ4n) is 4.05. The molecule has 0 unspecified atom stereocenters. The van der Waals surface area contributed by atoms with E-state index >= 15 is 0 Å². The Labute approximate surface area is 217 Å². The normalized spacial score (nSPS) is 14.0. The molecule has 0 radical (unpaired) electrons. The molecule has 1 aromatic carbocycles. The second-order valence-corrected chi connectivity index (χ2v) is 8.79. The van der Waals surface area contributed by atoms with Gasteiger partial charge in [-0.05, 0) is 31.7 Å². The van der Waals surface area contributed by atoms with E-state index in [4.69, 9.17) is 25.8 Å². The molecule has 0 saturated heterocycles. The number of carbonyl (C=O) groups is 1. The van der Waals surface area contributed by atoms with Gasteiger partial charge in [0.25, 0.3) is 5.56 Å². The van der Waals surface area contributed by atoms with Gasteiger partial charge in [-0.15, -0.1) is 0 Å². The number of aromatic nitrogens is 3. The molecule has 1 aliphatic rings. The van der Waals surface area contributed by atoms with Crippen molar-refractivity contribution in [3.05, 3.63) is 73.5 Å². The Morgan fingerprint density at radius 2 is 1.82 bits per heavy atom. The summed E-state index contributed by atoms with van der Waals surface area (Å²) in [5, 5.41) is -0.343. The van der Waals surface area contributed by atoms with Crippen LogP contribution in [-0.4, -0.2) is 33.3 Å². The van der Waals surface area contributed by atoms with Crippen LogP contribution in [0.25, 0.3) is 5.69 Å². The van der Waals surface area contributed by atoms with Crippen LogP contribution in [0.2, 0.25) is 5.02 Å². The lowest BCUT2D eigenvalue weighted by atomic mass is 10.2. The molecule has 0 aliphatic heterocycles. The van der Waals surface area contributed by atoms with Crippen molar-refractivity contribution in [1.29, 1.82) is 0 Å². The minimum Gasteiger partial charge on any atom is -0.493 e. The Balaban J connectivity index is 1.81. The third-order valence-corrected chi connectivity index (χ3v) is 6.22. The maximum absolute atomic E-state index is 14.9. The summed E-state index contributed by atoms with van der Waals surface area (Å²) in [6.07, 6.45) is -0.828. The molecule has 9 nitrogen and oxygen atoms in total. The third-order valence-electron chi connectivity index (χ3n) is 5.92. The summed E-state index contributed by atoms with van der Waals surface area (Å²) in [5.41, 5.74) is -5.42. The SMILES string of the molecule is COc1ccnc(C(=O)OC2CCCC2)c1Oc1cc(-n2c(=O)cc(C(F)(F)F)n(C)c2=O)c(F)cc1Cl. The van der Waals surface area contributed by atoms with Crippen molar-refractivity contribution in [3.8, 4) is 22.9 Å². The molecule has 1 fully saturated rings. The number of benzene rings is 1. The topological polar surface area (TPSA) is 102 Å². The Morgan fingerprint density at radius 3 is 2.45 bits per heavy atom. The summed E-state index contributed by atoms with van der Waals surface area (Å²) in [7, 11) is 2.08. The van der Waals surface area contributed by atoms with Crippen molar-refractivity contribution in [2.45, 2.75) is 38.0 Å². The Hall–Kier alpha value is -3.87. The first-order valence-corrected chi connectivity index (χ1v) is 11.6. The second kappa shape index (κ2) is 10.5. The summed E-state index contributed by atoms with van der Waals surface area (Å²) < 4.78 is 71.4. The highest BCUT2D eigenvalue weighted by Crippen LogP contribution is 2.39. The molecule has 2 aromatic heterocycles. The van der Waals surface area contributed by atoms with E-state index in [1.165, 1.54) is 19.4 Å². The zero-order valence-corrected chi connectivity index (χ0v) is 20.7. The first kappa shape index (κ1) is 27.2. The van der Waals surface area contributed by atoms with E-state index in [1.54, 1.807) is 0 Å². The molecular formula is C24H20ClF4N3O6. The molecule has 202 valence electrons. The van der Waals surface area contributed by atoms with Gasteiger partial charge in [-0.1, -0.05) is 11.6 Å². The molecule has 0 N–H and O–H groups in total. The van der Waals surface area contributed by atoms with Crippen LogP contribution in [0.5, 0.6) is 17.2 Å². The average Bonchev–Trinajstić information content (AvgIpc) is 3.36. The van der Waals surface area contributed by atoms with Crippen molar-refractivity contribution in [1.82, 2.24) is 14.1 Å². The van der Waals surface area contributed by atoms with Crippen molar-refractivity contribution in [2.75, 3.05) is 7.11 Å². The van der Waals surface area contributed by atoms with Crippen molar-refractivity contribution >= 4 is 17.6 Å². The molecule has 0 spiro atoms. The van der Waals surface area contributed by atoms with E-state index in [0.29, 0.717) is 18.9 Å². The summed E-state index contributed by atoms with van der Waals surface area (Å²) >= 11 is 6.14. The number of ether oxygens (including phenoxy) is 3. The highest BCUT2D eigenvalue weighted by molar-refractivity contribution is 6.32. The average molecular weight is 558 g/mol. The Bertz CT molecular complexity index is 1510. The van der Waals surface area contributed by atoms with Crippen LogP contribution in [-0.2, 0) is 18.0 Å². The lowest BCUT2D eigenvalue weighted by Crippen LogP contribution is -2.41. The smallest absolute Gasteiger partial charge is 0.431 e. The predicted octanol–water partition coefficient (Wildman–Crippen LogP) is 4.64. The quantitative estimate of drug-likeness (QED) is 0.321. The number of nitrogens with zero attached hydrogens (tertiary/aromatic N) is 3. The lowest BCUT2D eigenvalue weighted by Gasteiger charge is -2.17. The molecule has 1 saturated carbocycles. The summed E-state index contributed by atoms with van der Waals surface area (Å²) in [5.74, 6) is -2.57. The minimum atomic E-state index is -5.00. The van der Waals surface area contributed by atoms with Gasteiger partial charge in [0.1, 0.15) is 23.4 Å². The number of methoxy groups -OCH3 is 1. The van der Waals surface area contributed by atoms with E-state index in [9.17, 15) is 31.9 Å². The first-order valence-electron chi connectivity index (χ1n) is 11.2. The van der Waals surface area contributed by atoms with Gasteiger partial charge in [-0.2, -0.15) is 13.2 Å². The fourth-order valence-corrected chi connectivity index (χ4v) is 4.23. The molecule has 14 heteroatoms. The van der Waals surface area contributed by atoms with Gasteiger partial charge in [0.2, 0.25) is 5.75 Å². The van der Waals surface area contributed by atoms with Gasteiger partial charge < -0.3 is 14.2 Å². The van der Waals surface area contributed by atoms with Crippen molar-refractivity contribution in [3.63, 3.8) is 0 Å². The zero-order valence-electron chi connectivity index (χ0n) is 20.0. The third kappa shape index (κ3) is 5.23. The van der Waals surface area contributed by atoms with Crippen molar-refractivity contribution < 1.29 is 36.6 Å². The van der Waals surface area contributed by atoms with E-state index in [0.717, 1.165) is 26.0 Å². The number of alkyl halides is 3. The lowest BCUT2D eigenvalue weighted by molar-refractivity contribution is -0.144. The summed E-state index contributed by atoms with van der Waals surface area (Å²) in [6.45, 7) is 0. The van der Waals surface area contributed by atoms with Crippen LogP contribution in [0, 0.1) is 5.82 Å². The monoisotopic (exact) mass is 557 g/mol. The van der Waals surface area contributed by atoms with E-state index < -0.39 is 40.6 Å². The highest BCUT2D eigenvalue weighted by Gasteiger charge is 2.35. The molecular weight excluding hydrogens is 538 g/mol. The number of carbonyl (C=O) groups excluding carboxylic acids is 1. The van der Waals surface area contributed by atoms with E-state index in [2.05, 4.69) is 4.98 Å². The first-order chi connectivity index (χ1) is 17.9. The standard InChI is InChI=1S/C24H20ClF4N3O6/c1-31-18(24(27,28)29)11-19(33)32(23(31)35)15-10-17(13(25)9-14(15)26)38-21-16(36-2)7-8-30-20(21)22(34)37-12-5-3-4-6-12/h7-12H,3-6H2,1-2H3. The van der Waals surface area contributed by atoms with Gasteiger partial charge in [-0.25, -0.2) is 23.5 Å². The molecule has 3 aromatic rings. The largest absolute Gasteiger partial charge is 0.493 e. The molecule has 2 heterocycles.